The van der Waals surface area contributed by atoms with E-state index in [9.17, 15) is 18.0 Å². The molecule has 1 aromatic heterocycles. The van der Waals surface area contributed by atoms with E-state index in [2.05, 4.69) is 15.4 Å². The summed E-state index contributed by atoms with van der Waals surface area (Å²) in [6.45, 7) is 0.742. The molecule has 156 valence electrons. The number of thiophene rings is 1. The van der Waals surface area contributed by atoms with Crippen molar-refractivity contribution in [1.82, 2.24) is 15.2 Å². The van der Waals surface area contributed by atoms with Gasteiger partial charge in [0.05, 0.1) is 21.8 Å². The van der Waals surface area contributed by atoms with Crippen LogP contribution in [0.5, 0.6) is 0 Å². The number of carbonyl (C=O) groups excluding carboxylic acids is 1. The van der Waals surface area contributed by atoms with Crippen molar-refractivity contribution in [3.8, 4) is 6.19 Å². The van der Waals surface area contributed by atoms with Crippen molar-refractivity contribution < 1.29 is 18.0 Å². The molecule has 0 bridgehead atoms. The number of rotatable bonds is 5. The quantitative estimate of drug-likeness (QED) is 0.247. The molecule has 1 amide bonds. The molecule has 0 aromatic carbocycles. The molecular weight excluding hydrogens is 429 g/mol. The molecule has 1 atom stereocenters. The molecular formula is C17H18ClF3N6OS. The summed E-state index contributed by atoms with van der Waals surface area (Å²) in [4.78, 5) is 18.9. The van der Waals surface area contributed by atoms with Crippen LogP contribution in [-0.2, 0) is 4.79 Å². The molecule has 7 nitrogen and oxygen atoms in total. The lowest BCUT2D eigenvalue weighted by atomic mass is 10.1. The van der Waals surface area contributed by atoms with E-state index in [1.165, 1.54) is 16.3 Å². The Hall–Kier alpha value is -2.32. The van der Waals surface area contributed by atoms with Gasteiger partial charge in [-0.2, -0.15) is 23.5 Å². The van der Waals surface area contributed by atoms with Gasteiger partial charge in [-0.05, 0) is 25.0 Å². The third-order valence-electron chi connectivity index (χ3n) is 4.49. The molecule has 1 fully saturated rings. The van der Waals surface area contributed by atoms with Crippen LogP contribution in [-0.4, -0.2) is 59.3 Å². The first-order chi connectivity index (χ1) is 13.8. The molecule has 1 aromatic rings. The Morgan fingerprint density at radius 3 is 2.86 bits per heavy atom. The van der Waals surface area contributed by atoms with Crippen molar-refractivity contribution in [1.29, 1.82) is 5.26 Å². The molecule has 0 spiro atoms. The number of hydrogen-bond acceptors (Lipinski definition) is 5. The lowest BCUT2D eigenvalue weighted by molar-refractivity contribution is -0.135. The number of halogens is 4. The number of nitrogens with zero attached hydrogens (tertiary/aromatic N) is 5. The Balaban J connectivity index is 1.82. The van der Waals surface area contributed by atoms with Gasteiger partial charge in [-0.3, -0.25) is 15.1 Å². The molecule has 0 radical (unpaired) electrons. The van der Waals surface area contributed by atoms with Gasteiger partial charge in [0.1, 0.15) is 5.71 Å². The van der Waals surface area contributed by atoms with Crippen molar-refractivity contribution in [2.45, 2.75) is 37.9 Å². The third-order valence-corrected chi connectivity index (χ3v) is 5.75. The van der Waals surface area contributed by atoms with Gasteiger partial charge in [0.2, 0.25) is 11.9 Å². The predicted molar refractivity (Wildman–Crippen MR) is 104 cm³/mol. The van der Waals surface area contributed by atoms with Crippen LogP contribution in [0.4, 0.5) is 13.2 Å². The SMILES string of the molecule is N#CNC(=NCCCC(F)(F)F)N1CC(N2CCCC2=O)C(c2ccc(Cl)s2)=N1. The van der Waals surface area contributed by atoms with Crippen molar-refractivity contribution in [3.05, 3.63) is 21.3 Å². The molecule has 1 N–H and O–H groups in total. The second-order valence-corrected chi connectivity index (χ2v) is 8.25. The number of aliphatic imine (C=N–C) groups is 1. The maximum Gasteiger partial charge on any atom is 0.389 e. The van der Waals surface area contributed by atoms with Crippen LogP contribution in [0.25, 0.3) is 0 Å². The minimum Gasteiger partial charge on any atom is -0.332 e. The topological polar surface area (TPSA) is 84.1 Å². The smallest absolute Gasteiger partial charge is 0.332 e. The summed E-state index contributed by atoms with van der Waals surface area (Å²) in [5.74, 6) is 0.0769. The van der Waals surface area contributed by atoms with E-state index in [4.69, 9.17) is 16.9 Å². The molecule has 29 heavy (non-hydrogen) atoms. The first-order valence-electron chi connectivity index (χ1n) is 8.96. The Morgan fingerprint density at radius 2 is 2.28 bits per heavy atom. The van der Waals surface area contributed by atoms with Gasteiger partial charge in [-0.25, -0.2) is 5.01 Å². The zero-order valence-corrected chi connectivity index (χ0v) is 16.8. The van der Waals surface area contributed by atoms with Gasteiger partial charge >= 0.3 is 6.18 Å². The third kappa shape index (κ3) is 5.39. The van der Waals surface area contributed by atoms with Gasteiger partial charge in [0.15, 0.2) is 6.19 Å². The zero-order chi connectivity index (χ0) is 21.0. The van der Waals surface area contributed by atoms with Crippen molar-refractivity contribution in [3.63, 3.8) is 0 Å². The Bertz CT molecular complexity index is 862. The number of guanidine groups is 1. The van der Waals surface area contributed by atoms with E-state index in [-0.39, 0.29) is 37.4 Å². The summed E-state index contributed by atoms with van der Waals surface area (Å²) in [7, 11) is 0. The second kappa shape index (κ2) is 9.00. The van der Waals surface area contributed by atoms with Gasteiger partial charge in [0.25, 0.3) is 0 Å². The molecule has 3 heterocycles. The minimum atomic E-state index is -4.25. The van der Waals surface area contributed by atoms with Gasteiger partial charge < -0.3 is 4.90 Å². The summed E-state index contributed by atoms with van der Waals surface area (Å²) in [6.07, 6.45) is -2.45. The van der Waals surface area contributed by atoms with Crippen molar-refractivity contribution >= 4 is 40.5 Å². The van der Waals surface area contributed by atoms with E-state index in [0.29, 0.717) is 23.0 Å². The number of nitriles is 1. The zero-order valence-electron chi connectivity index (χ0n) is 15.2. The standard InChI is InChI=1S/C17H18ClF3N6OS/c18-13-5-4-12(29-13)15-11(26-8-1-3-14(26)28)9-27(25-15)16(24-10-22)23-7-2-6-17(19,20)21/h4-5,11H,1-3,6-9H2,(H,23,24). The highest BCUT2D eigenvalue weighted by molar-refractivity contribution is 7.18. The number of alkyl halides is 3. The first-order valence-corrected chi connectivity index (χ1v) is 10.2. The molecule has 12 heteroatoms. The fourth-order valence-corrected chi connectivity index (χ4v) is 4.31. The van der Waals surface area contributed by atoms with Crippen LogP contribution >= 0.6 is 22.9 Å². The molecule has 2 aliphatic rings. The molecule has 0 aliphatic carbocycles. The largest absolute Gasteiger partial charge is 0.389 e. The van der Waals surface area contributed by atoms with E-state index < -0.39 is 12.6 Å². The van der Waals surface area contributed by atoms with E-state index >= 15 is 0 Å². The monoisotopic (exact) mass is 446 g/mol. The summed E-state index contributed by atoms with van der Waals surface area (Å²) in [5.41, 5.74) is 0.625. The highest BCUT2D eigenvalue weighted by Crippen LogP contribution is 2.29. The lowest BCUT2D eigenvalue weighted by Gasteiger charge is -2.25. The maximum atomic E-state index is 12.3. The minimum absolute atomic E-state index is 0.0177. The number of likely N-dealkylation sites (tertiary alicyclic amines) is 1. The van der Waals surface area contributed by atoms with Gasteiger partial charge in [0, 0.05) is 25.9 Å². The lowest BCUT2D eigenvalue weighted by Crippen LogP contribution is -2.45. The molecule has 0 saturated carbocycles. The molecule has 1 unspecified atom stereocenters. The summed E-state index contributed by atoms with van der Waals surface area (Å²) < 4.78 is 37.6. The van der Waals surface area contributed by atoms with E-state index in [1.807, 2.05) is 0 Å². The van der Waals surface area contributed by atoms with E-state index in [0.717, 1.165) is 11.3 Å². The summed E-state index contributed by atoms with van der Waals surface area (Å²) in [5, 5.41) is 17.3. The highest BCUT2D eigenvalue weighted by atomic mass is 35.5. The average molecular weight is 447 g/mol. The molecule has 1 saturated heterocycles. The van der Waals surface area contributed by atoms with Crippen LogP contribution in [0.15, 0.2) is 22.2 Å². The van der Waals surface area contributed by atoms with E-state index in [1.54, 1.807) is 23.2 Å². The molecule has 2 aliphatic heterocycles. The van der Waals surface area contributed by atoms with Crippen molar-refractivity contribution in [2.24, 2.45) is 10.1 Å². The first kappa shape index (κ1) is 21.4. The Kier molecular flexibility index (Phi) is 6.64. The number of hydrazone groups is 1. The van der Waals surface area contributed by atoms with Crippen molar-refractivity contribution in [2.75, 3.05) is 19.6 Å². The summed E-state index contributed by atoms with van der Waals surface area (Å²) in [6, 6.07) is 3.19. The fourth-order valence-electron chi connectivity index (χ4n) is 3.23. The Morgan fingerprint density at radius 1 is 1.48 bits per heavy atom. The number of hydrogen-bond donors (Lipinski definition) is 1. The van der Waals surface area contributed by atoms with Gasteiger partial charge in [-0.15, -0.1) is 11.3 Å². The summed E-state index contributed by atoms with van der Waals surface area (Å²) >= 11 is 7.36. The normalized spacial score (nSPS) is 20.2. The maximum absolute atomic E-state index is 12.3. The van der Waals surface area contributed by atoms with Gasteiger partial charge in [-0.1, -0.05) is 11.6 Å². The number of amides is 1. The fraction of sp³-hybridized carbons (Fsp3) is 0.529. The van der Waals surface area contributed by atoms with Crippen LogP contribution in [0.1, 0.15) is 30.6 Å². The second-order valence-electron chi connectivity index (χ2n) is 6.54. The molecule has 3 rings (SSSR count). The van der Waals surface area contributed by atoms with Crippen LogP contribution in [0.3, 0.4) is 0 Å². The average Bonchev–Trinajstić information content (AvgIpc) is 3.36. The Labute approximate surface area is 174 Å². The number of carbonyl (C=O) groups is 1. The van der Waals surface area contributed by atoms with Crippen LogP contribution in [0.2, 0.25) is 4.34 Å². The highest BCUT2D eigenvalue weighted by Gasteiger charge is 2.39. The van der Waals surface area contributed by atoms with Crippen LogP contribution in [0, 0.1) is 11.5 Å². The number of nitrogens with one attached hydrogen (secondary N) is 1. The van der Waals surface area contributed by atoms with Crippen LogP contribution < -0.4 is 5.32 Å². The predicted octanol–water partition coefficient (Wildman–Crippen LogP) is 3.18.